The first-order valence-corrected chi connectivity index (χ1v) is 10.8. The van der Waals surface area contributed by atoms with Crippen molar-refractivity contribution in [3.05, 3.63) is 32.8 Å². The van der Waals surface area contributed by atoms with E-state index in [1.807, 2.05) is 0 Å². The summed E-state index contributed by atoms with van der Waals surface area (Å²) in [7, 11) is 0. The third-order valence-corrected chi connectivity index (χ3v) is 7.37. The van der Waals surface area contributed by atoms with E-state index in [9.17, 15) is 14.4 Å². The zero-order chi connectivity index (χ0) is 20.8. The van der Waals surface area contributed by atoms with Crippen molar-refractivity contribution in [2.24, 2.45) is 17.8 Å². The molecule has 3 amide bonds. The summed E-state index contributed by atoms with van der Waals surface area (Å²) in [6.45, 7) is -0.633. The number of carbonyl (C=O) groups excluding carboxylic acids is 3. The topological polar surface area (TPSA) is 84.5 Å². The van der Waals surface area contributed by atoms with Crippen LogP contribution < -0.4 is 10.6 Å². The van der Waals surface area contributed by atoms with Gasteiger partial charge in [-0.05, 0) is 68.4 Å². The molecule has 0 spiro atoms. The highest BCUT2D eigenvalue weighted by atomic mass is 35.5. The summed E-state index contributed by atoms with van der Waals surface area (Å²) in [5.41, 5.74) is -0.330. The molecule has 9 heteroatoms. The molecule has 4 bridgehead atoms. The fourth-order valence-electron chi connectivity index (χ4n) is 5.62. The number of rotatable bonds is 4. The summed E-state index contributed by atoms with van der Waals surface area (Å²) < 4.78 is 4.94. The molecule has 0 saturated heterocycles. The van der Waals surface area contributed by atoms with Crippen LogP contribution in [-0.4, -0.2) is 30.1 Å². The van der Waals surface area contributed by atoms with E-state index in [1.165, 1.54) is 31.4 Å². The zero-order valence-electron chi connectivity index (χ0n) is 15.6. The average Bonchev–Trinajstić information content (AvgIpc) is 2.61. The molecule has 0 atom stereocenters. The Morgan fingerprint density at radius 1 is 0.966 bits per heavy atom. The molecule has 0 heterocycles. The average molecular weight is 460 g/mol. The lowest BCUT2D eigenvalue weighted by atomic mass is 9.53. The van der Waals surface area contributed by atoms with Gasteiger partial charge in [-0.2, -0.15) is 0 Å². The third-order valence-electron chi connectivity index (χ3n) is 6.25. The van der Waals surface area contributed by atoms with Crippen LogP contribution in [0, 0.1) is 17.8 Å². The van der Waals surface area contributed by atoms with Gasteiger partial charge in [-0.1, -0.05) is 34.8 Å². The maximum atomic E-state index is 12.4. The summed E-state index contributed by atoms with van der Waals surface area (Å²) in [6.07, 6.45) is 6.69. The maximum Gasteiger partial charge on any atom is 0.341 e. The number of esters is 1. The van der Waals surface area contributed by atoms with Gasteiger partial charge in [0.25, 0.3) is 5.91 Å². The molecule has 4 fully saturated rings. The number of benzene rings is 1. The Morgan fingerprint density at radius 3 is 2.10 bits per heavy atom. The summed E-state index contributed by atoms with van der Waals surface area (Å²) in [6, 6.07) is 2.31. The van der Waals surface area contributed by atoms with E-state index >= 15 is 0 Å². The molecular formula is C20H21Cl3N2O4. The van der Waals surface area contributed by atoms with Crippen molar-refractivity contribution in [1.82, 2.24) is 10.6 Å². The van der Waals surface area contributed by atoms with Gasteiger partial charge in [-0.15, -0.1) is 0 Å². The number of urea groups is 1. The number of hydrogen-bond donors (Lipinski definition) is 2. The standard InChI is InChI=1S/C20H21Cl3N2O4/c21-13-1-2-14(22)17(23)16(13)18(27)29-9-15(26)24-19(28)25-20-6-10-3-11(7-20)5-12(4-10)8-20/h1-2,10-12H,3-9H2,(H2,24,25,26,28). The Balaban J connectivity index is 1.30. The van der Waals surface area contributed by atoms with E-state index in [0.717, 1.165) is 19.3 Å². The van der Waals surface area contributed by atoms with Gasteiger partial charge in [0.2, 0.25) is 0 Å². The van der Waals surface area contributed by atoms with Crippen LogP contribution in [0.3, 0.4) is 0 Å². The van der Waals surface area contributed by atoms with E-state index in [2.05, 4.69) is 10.6 Å². The SMILES string of the molecule is O=C(COC(=O)c1c(Cl)ccc(Cl)c1Cl)NC(=O)NC12CC3CC(CC(C3)C1)C2. The van der Waals surface area contributed by atoms with Crippen LogP contribution in [0.1, 0.15) is 48.9 Å². The predicted octanol–water partition coefficient (Wildman–Crippen LogP) is 4.60. The second kappa shape index (κ2) is 7.97. The first-order valence-electron chi connectivity index (χ1n) is 9.67. The number of carbonyl (C=O) groups is 3. The van der Waals surface area contributed by atoms with Crippen LogP contribution in [0.2, 0.25) is 15.1 Å². The predicted molar refractivity (Wildman–Crippen MR) is 109 cm³/mol. The van der Waals surface area contributed by atoms with Crippen LogP contribution in [-0.2, 0) is 9.53 Å². The fraction of sp³-hybridized carbons (Fsp3) is 0.550. The van der Waals surface area contributed by atoms with Crippen LogP contribution in [0.25, 0.3) is 0 Å². The highest BCUT2D eigenvalue weighted by molar-refractivity contribution is 6.46. The van der Waals surface area contributed by atoms with Gasteiger partial charge >= 0.3 is 12.0 Å². The van der Waals surface area contributed by atoms with Gasteiger partial charge in [-0.25, -0.2) is 9.59 Å². The second-order valence-electron chi connectivity index (χ2n) is 8.49. The zero-order valence-corrected chi connectivity index (χ0v) is 17.9. The Labute approximate surface area is 183 Å². The third kappa shape index (κ3) is 4.35. The number of imide groups is 1. The molecule has 2 N–H and O–H groups in total. The van der Waals surface area contributed by atoms with Crippen molar-refractivity contribution < 1.29 is 19.1 Å². The smallest absolute Gasteiger partial charge is 0.341 e. The largest absolute Gasteiger partial charge is 0.452 e. The van der Waals surface area contributed by atoms with E-state index in [0.29, 0.717) is 17.8 Å². The maximum absolute atomic E-state index is 12.4. The second-order valence-corrected chi connectivity index (χ2v) is 9.69. The van der Waals surface area contributed by atoms with Gasteiger partial charge in [0.1, 0.15) is 0 Å². The number of amides is 3. The molecule has 156 valence electrons. The lowest BCUT2D eigenvalue weighted by Crippen LogP contribution is -2.62. The van der Waals surface area contributed by atoms with Crippen molar-refractivity contribution in [3.63, 3.8) is 0 Å². The van der Waals surface area contributed by atoms with Crippen molar-refractivity contribution in [1.29, 1.82) is 0 Å². The molecular weight excluding hydrogens is 439 g/mol. The van der Waals surface area contributed by atoms with Crippen LogP contribution >= 0.6 is 34.8 Å². The monoisotopic (exact) mass is 458 g/mol. The van der Waals surface area contributed by atoms with Gasteiger partial charge in [0.05, 0.1) is 20.6 Å². The molecule has 29 heavy (non-hydrogen) atoms. The minimum absolute atomic E-state index is 0.0517. The number of halogens is 3. The molecule has 4 saturated carbocycles. The number of nitrogens with one attached hydrogen (secondary N) is 2. The fourth-order valence-corrected chi connectivity index (χ4v) is 6.30. The van der Waals surface area contributed by atoms with Gasteiger partial charge in [0.15, 0.2) is 6.61 Å². The van der Waals surface area contributed by atoms with Crippen molar-refractivity contribution in [2.75, 3.05) is 6.61 Å². The minimum atomic E-state index is -0.890. The van der Waals surface area contributed by atoms with Crippen LogP contribution in [0.15, 0.2) is 12.1 Å². The van der Waals surface area contributed by atoms with E-state index < -0.39 is 24.5 Å². The van der Waals surface area contributed by atoms with Crippen molar-refractivity contribution in [3.8, 4) is 0 Å². The van der Waals surface area contributed by atoms with Crippen molar-refractivity contribution >= 4 is 52.7 Å². The number of hydrogen-bond acceptors (Lipinski definition) is 4. The molecule has 0 aromatic heterocycles. The Morgan fingerprint density at radius 2 is 1.52 bits per heavy atom. The first-order chi connectivity index (χ1) is 13.7. The summed E-state index contributed by atoms with van der Waals surface area (Å²) >= 11 is 17.8. The quantitative estimate of drug-likeness (QED) is 0.509. The highest BCUT2D eigenvalue weighted by Crippen LogP contribution is 2.55. The molecule has 6 nitrogen and oxygen atoms in total. The Kier molecular flexibility index (Phi) is 5.70. The summed E-state index contributed by atoms with van der Waals surface area (Å²) in [5, 5.41) is 5.42. The molecule has 5 rings (SSSR count). The van der Waals surface area contributed by atoms with E-state index in [4.69, 9.17) is 39.5 Å². The van der Waals surface area contributed by atoms with Crippen molar-refractivity contribution in [2.45, 2.75) is 44.1 Å². The van der Waals surface area contributed by atoms with Crippen LogP contribution in [0.5, 0.6) is 0 Å². The molecule has 1 aromatic rings. The Hall–Kier alpha value is -1.50. The van der Waals surface area contributed by atoms with Gasteiger partial charge < -0.3 is 10.1 Å². The highest BCUT2D eigenvalue weighted by Gasteiger charge is 2.51. The minimum Gasteiger partial charge on any atom is -0.452 e. The normalized spacial score (nSPS) is 29.4. The molecule has 4 aliphatic rings. The van der Waals surface area contributed by atoms with Gasteiger partial charge in [0, 0.05) is 5.54 Å². The molecule has 0 unspecified atom stereocenters. The lowest BCUT2D eigenvalue weighted by molar-refractivity contribution is -0.123. The van der Waals surface area contributed by atoms with Crippen LogP contribution in [0.4, 0.5) is 4.79 Å². The first kappa shape index (κ1) is 20.8. The summed E-state index contributed by atoms with van der Waals surface area (Å²) in [5.74, 6) is 0.398. The van der Waals surface area contributed by atoms with Gasteiger partial charge in [-0.3, -0.25) is 10.1 Å². The molecule has 0 radical (unpaired) electrons. The van der Waals surface area contributed by atoms with E-state index in [1.54, 1.807) is 0 Å². The molecule has 4 aliphatic carbocycles. The molecule has 1 aromatic carbocycles. The Bertz CT molecular complexity index is 838. The summed E-state index contributed by atoms with van der Waals surface area (Å²) in [4.78, 5) is 36.6. The molecule has 0 aliphatic heterocycles. The van der Waals surface area contributed by atoms with E-state index in [-0.39, 0.29) is 26.2 Å². The lowest BCUT2D eigenvalue weighted by Gasteiger charge is -2.56. The number of ether oxygens (including phenoxy) is 1.